The Hall–Kier alpha value is -2.82. The molecule has 7 nitrogen and oxygen atoms in total. The number of nitrogens with zero attached hydrogens (tertiary/aromatic N) is 1. The van der Waals surface area contributed by atoms with Crippen LogP contribution in [0, 0.1) is 16.7 Å². The van der Waals surface area contributed by atoms with Crippen LogP contribution in [0.1, 0.15) is 38.7 Å². The first-order valence-electron chi connectivity index (χ1n) is 10.2. The van der Waals surface area contributed by atoms with E-state index in [1.807, 2.05) is 30.3 Å². The van der Waals surface area contributed by atoms with E-state index >= 15 is 0 Å². The Morgan fingerprint density at radius 1 is 1.30 bits per heavy atom. The van der Waals surface area contributed by atoms with Gasteiger partial charge >= 0.3 is 6.09 Å². The smallest absolute Gasteiger partial charge is 0.413 e. The second kappa shape index (κ2) is 12.0. The van der Waals surface area contributed by atoms with Gasteiger partial charge in [-0.1, -0.05) is 44.2 Å². The number of unbranched alkanes of at least 4 members (excludes halogenated alkanes) is 1. The molecular weight excluding hydrogens is 382 g/mol. The van der Waals surface area contributed by atoms with Crippen LogP contribution in [0.2, 0.25) is 0 Å². The minimum Gasteiger partial charge on any atom is -0.469 e. The maximum atomic E-state index is 12.3. The van der Waals surface area contributed by atoms with Gasteiger partial charge in [0.25, 0.3) is 0 Å². The van der Waals surface area contributed by atoms with E-state index in [0.29, 0.717) is 31.7 Å². The Bertz CT molecular complexity index is 785. The van der Waals surface area contributed by atoms with Gasteiger partial charge in [-0.15, -0.1) is 0 Å². The molecular formula is C23H31N3O4. The Balaban J connectivity index is 1.91. The Morgan fingerprint density at radius 3 is 2.73 bits per heavy atom. The Kier molecular flexibility index (Phi) is 9.39. The van der Waals surface area contributed by atoms with Crippen LogP contribution in [0.4, 0.5) is 4.79 Å². The molecule has 1 aromatic carbocycles. The van der Waals surface area contributed by atoms with Gasteiger partial charge < -0.3 is 24.9 Å². The molecule has 2 aromatic rings. The zero-order valence-corrected chi connectivity index (χ0v) is 17.6. The van der Waals surface area contributed by atoms with E-state index < -0.39 is 18.2 Å². The van der Waals surface area contributed by atoms with Crippen LogP contribution in [0.3, 0.4) is 0 Å². The van der Waals surface area contributed by atoms with E-state index in [2.05, 4.69) is 30.6 Å². The molecule has 0 aliphatic heterocycles. The lowest BCUT2D eigenvalue weighted by Gasteiger charge is -2.28. The third kappa shape index (κ3) is 8.68. The van der Waals surface area contributed by atoms with Gasteiger partial charge in [-0.05, 0) is 30.2 Å². The van der Waals surface area contributed by atoms with E-state index in [-0.39, 0.29) is 5.41 Å². The van der Waals surface area contributed by atoms with E-state index in [4.69, 9.17) is 14.4 Å². The van der Waals surface area contributed by atoms with Gasteiger partial charge in [0.05, 0.1) is 24.5 Å². The standard InChI is InChI=1S/C23H31N3O4/c1-23(2,11-6-7-12-24)17-25-15-21(27)20(14-18-8-4-3-5-9-18)26-22(28)30-19-10-13-29-16-19/h3-5,8-10,13,16,20-21,25,27H,6-7,11,14-15,17H2,1-2H3,(H,26,28)/t20-,21+/m0/s1. The molecule has 0 saturated carbocycles. The number of benzene rings is 1. The molecule has 2 rings (SSSR count). The molecule has 7 heteroatoms. The number of rotatable bonds is 12. The highest BCUT2D eigenvalue weighted by Gasteiger charge is 2.24. The van der Waals surface area contributed by atoms with Crippen molar-refractivity contribution in [1.82, 2.24) is 10.6 Å². The normalized spacial score (nSPS) is 13.3. The number of carbonyl (C=O) groups excluding carboxylic acids is 1. The average molecular weight is 414 g/mol. The highest BCUT2D eigenvalue weighted by molar-refractivity contribution is 5.70. The molecule has 0 radical (unpaired) electrons. The fourth-order valence-corrected chi connectivity index (χ4v) is 3.18. The Morgan fingerprint density at radius 2 is 2.07 bits per heavy atom. The molecule has 0 unspecified atom stereocenters. The minimum absolute atomic E-state index is 0.0130. The number of nitriles is 1. The summed E-state index contributed by atoms with van der Waals surface area (Å²) < 4.78 is 10.1. The minimum atomic E-state index is -0.808. The number of aliphatic hydroxyl groups excluding tert-OH is 1. The van der Waals surface area contributed by atoms with Gasteiger partial charge in [-0.3, -0.25) is 0 Å². The lowest BCUT2D eigenvalue weighted by Crippen LogP contribution is -2.50. The molecule has 1 amide bonds. The number of aliphatic hydroxyl groups is 1. The van der Waals surface area contributed by atoms with Gasteiger partial charge in [-0.25, -0.2) is 4.79 Å². The first-order valence-corrected chi connectivity index (χ1v) is 10.2. The van der Waals surface area contributed by atoms with Gasteiger partial charge in [-0.2, -0.15) is 5.26 Å². The second-order valence-electron chi connectivity index (χ2n) is 8.16. The van der Waals surface area contributed by atoms with Crippen LogP contribution in [-0.2, 0) is 6.42 Å². The number of furan rings is 1. The van der Waals surface area contributed by atoms with Crippen LogP contribution < -0.4 is 15.4 Å². The largest absolute Gasteiger partial charge is 0.469 e. The molecule has 162 valence electrons. The molecule has 0 aliphatic rings. The van der Waals surface area contributed by atoms with Crippen molar-refractivity contribution in [3.05, 3.63) is 54.5 Å². The number of amides is 1. The number of ether oxygens (including phenoxy) is 1. The van der Waals surface area contributed by atoms with Crippen molar-refractivity contribution >= 4 is 6.09 Å². The van der Waals surface area contributed by atoms with Crippen LogP contribution >= 0.6 is 0 Å². The monoisotopic (exact) mass is 413 g/mol. The number of hydrogen-bond donors (Lipinski definition) is 3. The van der Waals surface area contributed by atoms with Crippen LogP contribution in [-0.4, -0.2) is 36.4 Å². The van der Waals surface area contributed by atoms with Gasteiger partial charge in [0.1, 0.15) is 6.26 Å². The lowest BCUT2D eigenvalue weighted by molar-refractivity contribution is 0.116. The van der Waals surface area contributed by atoms with Crippen molar-refractivity contribution < 1.29 is 19.1 Å². The van der Waals surface area contributed by atoms with Crippen LogP contribution in [0.15, 0.2) is 53.3 Å². The molecule has 0 saturated heterocycles. The van der Waals surface area contributed by atoms with Crippen molar-refractivity contribution in [3.63, 3.8) is 0 Å². The summed E-state index contributed by atoms with van der Waals surface area (Å²) in [6, 6.07) is 12.9. The number of carbonyl (C=O) groups is 1. The summed E-state index contributed by atoms with van der Waals surface area (Å²) in [6.07, 6.45) is 4.09. The second-order valence-corrected chi connectivity index (χ2v) is 8.16. The quantitative estimate of drug-likeness (QED) is 0.459. The van der Waals surface area contributed by atoms with Gasteiger partial charge in [0, 0.05) is 25.6 Å². The third-order valence-corrected chi connectivity index (χ3v) is 4.87. The summed E-state index contributed by atoms with van der Waals surface area (Å²) >= 11 is 0. The molecule has 0 spiro atoms. The summed E-state index contributed by atoms with van der Waals surface area (Å²) in [7, 11) is 0. The summed E-state index contributed by atoms with van der Waals surface area (Å²) in [5.74, 6) is 0.303. The summed E-state index contributed by atoms with van der Waals surface area (Å²) in [5.41, 5.74) is 1.01. The van der Waals surface area contributed by atoms with Gasteiger partial charge in [0.2, 0.25) is 0 Å². The van der Waals surface area contributed by atoms with Crippen molar-refractivity contribution in [1.29, 1.82) is 5.26 Å². The Labute approximate surface area is 178 Å². The molecule has 1 heterocycles. The third-order valence-electron chi connectivity index (χ3n) is 4.87. The molecule has 0 aliphatic carbocycles. The predicted octanol–water partition coefficient (Wildman–Crippen LogP) is 3.65. The maximum Gasteiger partial charge on any atom is 0.413 e. The molecule has 3 N–H and O–H groups in total. The summed E-state index contributed by atoms with van der Waals surface area (Å²) in [6.45, 7) is 5.29. The first-order chi connectivity index (χ1) is 14.4. The van der Waals surface area contributed by atoms with Crippen molar-refractivity contribution in [2.24, 2.45) is 5.41 Å². The summed E-state index contributed by atoms with van der Waals surface area (Å²) in [4.78, 5) is 12.3. The topological polar surface area (TPSA) is 108 Å². The molecule has 0 fully saturated rings. The molecule has 1 aromatic heterocycles. The maximum absolute atomic E-state index is 12.3. The van der Waals surface area contributed by atoms with E-state index in [9.17, 15) is 9.90 Å². The highest BCUT2D eigenvalue weighted by Crippen LogP contribution is 2.22. The van der Waals surface area contributed by atoms with Crippen molar-refractivity contribution in [3.8, 4) is 11.8 Å². The van der Waals surface area contributed by atoms with Crippen LogP contribution in [0.5, 0.6) is 5.75 Å². The van der Waals surface area contributed by atoms with Crippen molar-refractivity contribution in [2.75, 3.05) is 13.1 Å². The zero-order chi connectivity index (χ0) is 21.8. The predicted molar refractivity (Wildman–Crippen MR) is 114 cm³/mol. The fraction of sp³-hybridized carbons (Fsp3) is 0.478. The SMILES string of the molecule is CC(C)(CCCC#N)CNC[C@@H](O)[C@H](Cc1ccccc1)NC(=O)Oc1ccoc1. The average Bonchev–Trinajstić information content (AvgIpc) is 3.21. The summed E-state index contributed by atoms with van der Waals surface area (Å²) in [5, 5.41) is 25.5. The molecule has 2 atom stereocenters. The van der Waals surface area contributed by atoms with Gasteiger partial charge in [0.15, 0.2) is 5.75 Å². The van der Waals surface area contributed by atoms with E-state index in [1.54, 1.807) is 0 Å². The zero-order valence-electron chi connectivity index (χ0n) is 17.6. The van der Waals surface area contributed by atoms with Crippen LogP contribution in [0.25, 0.3) is 0 Å². The molecule has 0 bridgehead atoms. The highest BCUT2D eigenvalue weighted by atomic mass is 16.6. The lowest BCUT2D eigenvalue weighted by atomic mass is 9.87. The van der Waals surface area contributed by atoms with Crippen molar-refractivity contribution in [2.45, 2.75) is 51.7 Å². The van der Waals surface area contributed by atoms with E-state index in [0.717, 1.165) is 18.4 Å². The number of hydrogen-bond acceptors (Lipinski definition) is 6. The fourth-order valence-electron chi connectivity index (χ4n) is 3.18. The van der Waals surface area contributed by atoms with E-state index in [1.165, 1.54) is 18.6 Å². The first kappa shape index (κ1) is 23.5. The number of nitrogens with one attached hydrogen (secondary N) is 2. The molecule has 30 heavy (non-hydrogen) atoms.